The van der Waals surface area contributed by atoms with Crippen LogP contribution < -0.4 is 10.6 Å². The molecule has 4 unspecified atom stereocenters. The van der Waals surface area contributed by atoms with Crippen LogP contribution in [-0.2, 0) is 4.79 Å². The first-order chi connectivity index (χ1) is 9.51. The summed E-state index contributed by atoms with van der Waals surface area (Å²) < 4.78 is 0. The Hall–Kier alpha value is -0.610. The summed E-state index contributed by atoms with van der Waals surface area (Å²) in [4.78, 5) is 14.8. The Balaban J connectivity index is 2.62. The van der Waals surface area contributed by atoms with E-state index in [9.17, 15) is 4.79 Å². The largest absolute Gasteiger partial charge is 0.352 e. The Morgan fingerprint density at radius 2 is 2.00 bits per heavy atom. The predicted molar refractivity (Wildman–Crippen MR) is 84.8 cm³/mol. The second-order valence-corrected chi connectivity index (χ2v) is 6.25. The van der Waals surface area contributed by atoms with Crippen LogP contribution in [0, 0.1) is 0 Å². The van der Waals surface area contributed by atoms with Crippen molar-refractivity contribution >= 4 is 5.91 Å². The van der Waals surface area contributed by atoms with Gasteiger partial charge < -0.3 is 10.6 Å². The van der Waals surface area contributed by atoms with Crippen molar-refractivity contribution in [2.75, 3.05) is 13.6 Å². The smallest absolute Gasteiger partial charge is 0.237 e. The monoisotopic (exact) mass is 283 g/mol. The van der Waals surface area contributed by atoms with Crippen LogP contribution in [0.5, 0.6) is 0 Å². The average molecular weight is 283 g/mol. The fourth-order valence-corrected chi connectivity index (χ4v) is 3.21. The van der Waals surface area contributed by atoms with E-state index in [4.69, 9.17) is 0 Å². The first-order valence-corrected chi connectivity index (χ1v) is 8.24. The summed E-state index contributed by atoms with van der Waals surface area (Å²) in [6, 6.07) is 1.14. The van der Waals surface area contributed by atoms with Crippen molar-refractivity contribution in [3.8, 4) is 0 Å². The van der Waals surface area contributed by atoms with Gasteiger partial charge in [0.05, 0.1) is 6.04 Å². The van der Waals surface area contributed by atoms with E-state index in [-0.39, 0.29) is 18.0 Å². The molecule has 0 saturated carbocycles. The molecule has 4 heteroatoms. The minimum Gasteiger partial charge on any atom is -0.352 e. The van der Waals surface area contributed by atoms with Gasteiger partial charge in [-0.2, -0.15) is 0 Å². The average Bonchev–Trinajstić information content (AvgIpc) is 2.45. The molecular weight excluding hydrogens is 250 g/mol. The van der Waals surface area contributed by atoms with Crippen LogP contribution in [0.3, 0.4) is 0 Å². The number of carbonyl (C=O) groups excluding carboxylic acids is 1. The van der Waals surface area contributed by atoms with E-state index in [2.05, 4.69) is 43.2 Å². The van der Waals surface area contributed by atoms with Crippen LogP contribution in [0.25, 0.3) is 0 Å². The highest BCUT2D eigenvalue weighted by molar-refractivity contribution is 5.81. The summed E-state index contributed by atoms with van der Waals surface area (Å²) in [5.74, 6) is 0.182. The SMILES string of the molecule is CCCC(C)NC(=O)C(C)N1CCCCC1C(C)NC. The van der Waals surface area contributed by atoms with Gasteiger partial charge >= 0.3 is 0 Å². The number of amides is 1. The van der Waals surface area contributed by atoms with Gasteiger partial charge in [-0.1, -0.05) is 19.8 Å². The second kappa shape index (κ2) is 8.63. The fraction of sp³-hybridized carbons (Fsp3) is 0.938. The lowest BCUT2D eigenvalue weighted by atomic mass is 9.94. The lowest BCUT2D eigenvalue weighted by Gasteiger charge is -2.42. The first-order valence-electron chi connectivity index (χ1n) is 8.24. The molecule has 1 amide bonds. The zero-order valence-electron chi connectivity index (χ0n) is 13.9. The van der Waals surface area contributed by atoms with Crippen molar-refractivity contribution in [3.63, 3.8) is 0 Å². The van der Waals surface area contributed by atoms with Gasteiger partial charge in [0.15, 0.2) is 0 Å². The molecule has 118 valence electrons. The van der Waals surface area contributed by atoms with E-state index in [1.165, 1.54) is 19.3 Å². The quantitative estimate of drug-likeness (QED) is 0.752. The molecule has 1 rings (SSSR count). The number of piperidine rings is 1. The molecule has 1 aliphatic heterocycles. The van der Waals surface area contributed by atoms with Crippen molar-refractivity contribution in [1.82, 2.24) is 15.5 Å². The first kappa shape index (κ1) is 17.4. The summed E-state index contributed by atoms with van der Waals surface area (Å²) >= 11 is 0. The van der Waals surface area contributed by atoms with Crippen molar-refractivity contribution in [2.45, 2.75) is 84.0 Å². The summed E-state index contributed by atoms with van der Waals surface area (Å²) in [5.41, 5.74) is 0. The minimum absolute atomic E-state index is 0.0320. The van der Waals surface area contributed by atoms with Crippen molar-refractivity contribution in [3.05, 3.63) is 0 Å². The van der Waals surface area contributed by atoms with Crippen LogP contribution >= 0.6 is 0 Å². The van der Waals surface area contributed by atoms with Crippen LogP contribution in [0.15, 0.2) is 0 Å². The lowest BCUT2D eigenvalue weighted by molar-refractivity contribution is -0.128. The maximum atomic E-state index is 12.4. The zero-order chi connectivity index (χ0) is 15.1. The van der Waals surface area contributed by atoms with Gasteiger partial charge in [0, 0.05) is 18.1 Å². The van der Waals surface area contributed by atoms with Gasteiger partial charge in [-0.25, -0.2) is 0 Å². The van der Waals surface area contributed by atoms with Gasteiger partial charge in [0.2, 0.25) is 5.91 Å². The van der Waals surface area contributed by atoms with E-state index >= 15 is 0 Å². The van der Waals surface area contributed by atoms with Crippen LogP contribution in [-0.4, -0.2) is 48.6 Å². The number of likely N-dealkylation sites (tertiary alicyclic amines) is 1. The topological polar surface area (TPSA) is 44.4 Å². The number of rotatable bonds is 7. The summed E-state index contributed by atoms with van der Waals surface area (Å²) in [6.07, 6.45) is 5.82. The molecule has 2 N–H and O–H groups in total. The van der Waals surface area contributed by atoms with E-state index in [1.54, 1.807) is 0 Å². The highest BCUT2D eigenvalue weighted by Gasteiger charge is 2.33. The molecule has 4 nitrogen and oxygen atoms in total. The second-order valence-electron chi connectivity index (χ2n) is 6.25. The molecule has 1 saturated heterocycles. The van der Waals surface area contributed by atoms with E-state index in [0.717, 1.165) is 19.4 Å². The van der Waals surface area contributed by atoms with Gasteiger partial charge in [0.1, 0.15) is 0 Å². The maximum Gasteiger partial charge on any atom is 0.237 e. The van der Waals surface area contributed by atoms with Crippen LogP contribution in [0.2, 0.25) is 0 Å². The minimum atomic E-state index is -0.0320. The van der Waals surface area contributed by atoms with Gasteiger partial charge in [0.25, 0.3) is 0 Å². The molecule has 0 radical (unpaired) electrons. The fourth-order valence-electron chi connectivity index (χ4n) is 3.21. The van der Waals surface area contributed by atoms with E-state index in [0.29, 0.717) is 12.1 Å². The summed E-state index contributed by atoms with van der Waals surface area (Å²) in [5, 5.41) is 6.50. The molecule has 0 aliphatic carbocycles. The number of hydrogen-bond donors (Lipinski definition) is 2. The molecular formula is C16H33N3O. The third-order valence-corrected chi connectivity index (χ3v) is 4.61. The van der Waals surface area contributed by atoms with E-state index in [1.807, 2.05) is 7.05 Å². The van der Waals surface area contributed by atoms with Crippen molar-refractivity contribution in [2.24, 2.45) is 0 Å². The maximum absolute atomic E-state index is 12.4. The Morgan fingerprint density at radius 3 is 2.60 bits per heavy atom. The van der Waals surface area contributed by atoms with Gasteiger partial charge in [-0.15, -0.1) is 0 Å². The van der Waals surface area contributed by atoms with E-state index < -0.39 is 0 Å². The molecule has 0 bridgehead atoms. The summed E-state index contributed by atoms with van der Waals surface area (Å²) in [7, 11) is 2.01. The molecule has 1 heterocycles. The zero-order valence-corrected chi connectivity index (χ0v) is 13.9. The summed E-state index contributed by atoms with van der Waals surface area (Å²) in [6.45, 7) is 9.55. The van der Waals surface area contributed by atoms with Crippen molar-refractivity contribution in [1.29, 1.82) is 0 Å². The Labute approximate surface area is 124 Å². The number of carbonyl (C=O) groups is 1. The molecule has 0 aromatic heterocycles. The molecule has 0 spiro atoms. The van der Waals surface area contributed by atoms with Crippen molar-refractivity contribution < 1.29 is 4.79 Å². The number of likely N-dealkylation sites (N-methyl/N-ethyl adjacent to an activating group) is 1. The van der Waals surface area contributed by atoms with Gasteiger partial charge in [-0.05, 0) is 53.6 Å². The van der Waals surface area contributed by atoms with Crippen LogP contribution in [0.1, 0.15) is 59.8 Å². The lowest BCUT2D eigenvalue weighted by Crippen LogP contribution is -2.57. The predicted octanol–water partition coefficient (Wildman–Crippen LogP) is 2.14. The molecule has 0 aromatic carbocycles. The third-order valence-electron chi connectivity index (χ3n) is 4.61. The van der Waals surface area contributed by atoms with Gasteiger partial charge in [-0.3, -0.25) is 9.69 Å². The Morgan fingerprint density at radius 1 is 1.30 bits per heavy atom. The Bertz CT molecular complexity index is 295. The Kier molecular flexibility index (Phi) is 7.52. The normalized spacial score (nSPS) is 24.9. The highest BCUT2D eigenvalue weighted by Crippen LogP contribution is 2.22. The standard InChI is InChI=1S/C16H33N3O/c1-6-9-12(2)18-16(20)14(4)19-11-8-7-10-15(19)13(3)17-5/h12-15,17H,6-11H2,1-5H3,(H,18,20). The third kappa shape index (κ3) is 4.74. The molecule has 0 aromatic rings. The number of hydrogen-bond acceptors (Lipinski definition) is 3. The number of nitrogens with one attached hydrogen (secondary N) is 2. The van der Waals surface area contributed by atoms with Crippen LogP contribution in [0.4, 0.5) is 0 Å². The molecule has 1 aliphatic rings. The molecule has 4 atom stereocenters. The molecule has 1 fully saturated rings. The molecule has 20 heavy (non-hydrogen) atoms. The highest BCUT2D eigenvalue weighted by atomic mass is 16.2. The number of nitrogens with zero attached hydrogens (tertiary/aromatic N) is 1.